The Morgan fingerprint density at radius 3 is 2.38 bits per heavy atom. The predicted molar refractivity (Wildman–Crippen MR) is 182 cm³/mol. The normalized spacial score (nSPS) is 11.8. The van der Waals surface area contributed by atoms with Crippen molar-refractivity contribution in [3.63, 3.8) is 0 Å². The van der Waals surface area contributed by atoms with Crippen LogP contribution < -0.4 is 20.9 Å². The van der Waals surface area contributed by atoms with E-state index in [0.29, 0.717) is 21.9 Å². The van der Waals surface area contributed by atoms with Crippen molar-refractivity contribution in [1.82, 2.24) is 9.55 Å². The van der Waals surface area contributed by atoms with Gasteiger partial charge in [0, 0.05) is 17.3 Å². The summed E-state index contributed by atoms with van der Waals surface area (Å²) in [5, 5.41) is 6.74. The molecule has 1 heterocycles. The van der Waals surface area contributed by atoms with E-state index in [0.717, 1.165) is 24.1 Å². The maximum atomic E-state index is 14.2. The third kappa shape index (κ3) is 7.34. The molecule has 0 aliphatic carbocycles. The van der Waals surface area contributed by atoms with E-state index in [-0.39, 0.29) is 33.3 Å². The van der Waals surface area contributed by atoms with Crippen LogP contribution in [0.25, 0.3) is 16.6 Å². The number of aliphatic imine (C=N–C) groups is 1. The Bertz CT molecular complexity index is 2130. The zero-order chi connectivity index (χ0) is 32.3. The van der Waals surface area contributed by atoms with Gasteiger partial charge in [-0.2, -0.15) is 0 Å². The highest BCUT2D eigenvalue weighted by atomic mass is 35.5. The number of sulfonamides is 1. The Morgan fingerprint density at radius 2 is 1.69 bits per heavy atom. The molecule has 0 saturated heterocycles. The second-order valence-corrected chi connectivity index (χ2v) is 12.7. The average molecular weight is 664 g/mol. The number of halogens is 2. The number of para-hydroxylation sites is 1. The molecule has 230 valence electrons. The maximum Gasteiger partial charge on any atom is 0.278 e. The van der Waals surface area contributed by atoms with E-state index in [1.54, 1.807) is 48.5 Å². The van der Waals surface area contributed by atoms with Crippen molar-refractivity contribution in [3.8, 4) is 5.69 Å². The average Bonchev–Trinajstić information content (AvgIpc) is 2.98. The monoisotopic (exact) mass is 662 g/mol. The first kappa shape index (κ1) is 31.7. The van der Waals surface area contributed by atoms with E-state index in [2.05, 4.69) is 15.4 Å². The third-order valence-corrected chi connectivity index (χ3v) is 7.77. The Labute approximate surface area is 269 Å². The van der Waals surface area contributed by atoms with Crippen LogP contribution in [0.1, 0.15) is 18.3 Å². The molecule has 3 N–H and O–H groups in total. The Balaban J connectivity index is 1.75. The van der Waals surface area contributed by atoms with Gasteiger partial charge < -0.3 is 10.6 Å². The van der Waals surface area contributed by atoms with Gasteiger partial charge in [0.05, 0.1) is 44.9 Å². The summed E-state index contributed by atoms with van der Waals surface area (Å²) in [7, 11) is -3.60. The topological polar surface area (TPSA) is 135 Å². The van der Waals surface area contributed by atoms with Gasteiger partial charge in [0.1, 0.15) is 0 Å². The molecule has 0 aliphatic heterocycles. The van der Waals surface area contributed by atoms with Gasteiger partial charge in [-0.05, 0) is 86.1 Å². The van der Waals surface area contributed by atoms with Gasteiger partial charge in [0.2, 0.25) is 10.0 Å². The summed E-state index contributed by atoms with van der Waals surface area (Å²) in [5.74, 6) is -0.774. The lowest BCUT2D eigenvalue weighted by atomic mass is 10.1. The highest BCUT2D eigenvalue weighted by Crippen LogP contribution is 2.28. The number of hydrogen-bond acceptors (Lipinski definition) is 7. The van der Waals surface area contributed by atoms with E-state index < -0.39 is 21.5 Å². The summed E-state index contributed by atoms with van der Waals surface area (Å²) in [6.45, 7) is 4.56. The number of rotatable bonds is 9. The summed E-state index contributed by atoms with van der Waals surface area (Å²) in [4.78, 5) is 37.8. The number of fused-ring (bicyclic) bond motifs is 1. The molecule has 4 aromatic carbocycles. The minimum atomic E-state index is -3.60. The number of carbonyl (C=O) groups excluding carboxylic acids is 1. The van der Waals surface area contributed by atoms with Gasteiger partial charge in [-0.15, -0.1) is 0 Å². The van der Waals surface area contributed by atoms with Crippen LogP contribution in [-0.4, -0.2) is 42.4 Å². The number of amides is 1. The second-order valence-electron chi connectivity index (χ2n) is 10.1. The molecular formula is C32H28Cl2N6O4S. The number of hydrogen-bond donors (Lipinski definition) is 3. The van der Waals surface area contributed by atoms with Crippen LogP contribution >= 0.6 is 23.2 Å². The van der Waals surface area contributed by atoms with Gasteiger partial charge >= 0.3 is 0 Å². The molecule has 0 atom stereocenters. The predicted octanol–water partition coefficient (Wildman–Crippen LogP) is 6.56. The van der Waals surface area contributed by atoms with Crippen molar-refractivity contribution in [2.75, 3.05) is 28.2 Å². The third-order valence-electron chi connectivity index (χ3n) is 6.60. The van der Waals surface area contributed by atoms with Crippen molar-refractivity contribution in [2.45, 2.75) is 13.8 Å². The van der Waals surface area contributed by atoms with Gasteiger partial charge in [-0.3, -0.25) is 18.9 Å². The zero-order valence-corrected chi connectivity index (χ0v) is 26.8. The summed E-state index contributed by atoms with van der Waals surface area (Å²) >= 11 is 12.7. The fourth-order valence-electron chi connectivity index (χ4n) is 4.63. The molecule has 0 radical (unpaired) electrons. The molecular weight excluding hydrogens is 635 g/mol. The van der Waals surface area contributed by atoms with Gasteiger partial charge in [0.25, 0.3) is 11.5 Å². The Morgan fingerprint density at radius 1 is 0.956 bits per heavy atom. The van der Waals surface area contributed by atoms with Crippen LogP contribution in [0.2, 0.25) is 10.0 Å². The van der Waals surface area contributed by atoms with Crippen molar-refractivity contribution in [2.24, 2.45) is 4.99 Å². The Hall–Kier alpha value is -4.71. The zero-order valence-electron chi connectivity index (χ0n) is 24.4. The fourth-order valence-corrected chi connectivity index (χ4v) is 5.52. The molecule has 0 unspecified atom stereocenters. The number of aryl methyl sites for hydroxylation is 1. The van der Waals surface area contributed by atoms with E-state index >= 15 is 0 Å². The highest BCUT2D eigenvalue weighted by Gasteiger charge is 2.25. The number of anilines is 3. The van der Waals surface area contributed by atoms with E-state index in [1.165, 1.54) is 28.8 Å². The second kappa shape index (κ2) is 13.1. The van der Waals surface area contributed by atoms with Crippen LogP contribution in [0.3, 0.4) is 0 Å². The van der Waals surface area contributed by atoms with Crippen molar-refractivity contribution in [1.29, 1.82) is 0 Å². The molecule has 5 rings (SSSR count). The summed E-state index contributed by atoms with van der Waals surface area (Å²) in [6, 6.07) is 23.3. The van der Waals surface area contributed by atoms with Crippen molar-refractivity contribution >= 4 is 78.5 Å². The molecule has 0 fully saturated rings. The molecule has 1 amide bonds. The van der Waals surface area contributed by atoms with E-state index in [9.17, 15) is 18.0 Å². The maximum absolute atomic E-state index is 14.2. The van der Waals surface area contributed by atoms with Crippen molar-refractivity contribution < 1.29 is 13.2 Å². The van der Waals surface area contributed by atoms with E-state index in [4.69, 9.17) is 33.2 Å². The molecule has 0 bridgehead atoms. The summed E-state index contributed by atoms with van der Waals surface area (Å²) in [5.41, 5.74) is 2.51. The smallest absolute Gasteiger partial charge is 0.278 e. The summed E-state index contributed by atoms with van der Waals surface area (Å²) in [6.07, 6.45) is 1.01. The lowest BCUT2D eigenvalue weighted by molar-refractivity contribution is -0.110. The first-order valence-electron chi connectivity index (χ1n) is 13.7. The van der Waals surface area contributed by atoms with Crippen LogP contribution in [0.4, 0.5) is 22.7 Å². The fraction of sp³-hybridized carbons (Fsp3) is 0.125. The number of nitrogens with one attached hydrogen (secondary N) is 3. The Kier molecular flexibility index (Phi) is 9.24. The largest absolute Gasteiger partial charge is 0.385 e. The molecule has 0 aliphatic rings. The quantitative estimate of drug-likeness (QED) is 0.153. The van der Waals surface area contributed by atoms with Gasteiger partial charge in [-0.1, -0.05) is 41.4 Å². The standard InChI is InChI=1S/C32H28Cl2N6O4S/c1-4-35-21-12-15-26(19(2)16-21)36-29(31(41)38-28-18-22(11-13-25(28)34)39-45(3,43)44)30-37-27-14-10-20(33)17-24(27)32(42)40(30)23-8-6-5-7-9-23/h5-18,35,39H,4H2,1-3H3,(H,38,41)/b36-29-. The van der Waals surface area contributed by atoms with Crippen LogP contribution in [0.5, 0.6) is 0 Å². The van der Waals surface area contributed by atoms with E-state index in [1.807, 2.05) is 26.0 Å². The number of aromatic nitrogens is 2. The molecule has 45 heavy (non-hydrogen) atoms. The van der Waals surface area contributed by atoms with Crippen LogP contribution in [0, 0.1) is 6.92 Å². The molecule has 0 spiro atoms. The first-order chi connectivity index (χ1) is 21.4. The molecule has 10 nitrogen and oxygen atoms in total. The SMILES string of the molecule is CCNc1ccc(/N=C(\C(=O)Nc2cc(NS(C)(=O)=O)ccc2Cl)c2nc3ccc(Cl)cc3c(=O)n2-c2ccccc2)c(C)c1. The minimum absolute atomic E-state index is 0.0322. The van der Waals surface area contributed by atoms with Crippen LogP contribution in [-0.2, 0) is 14.8 Å². The van der Waals surface area contributed by atoms with Crippen LogP contribution in [0.15, 0.2) is 94.7 Å². The van der Waals surface area contributed by atoms with Gasteiger partial charge in [-0.25, -0.2) is 18.4 Å². The highest BCUT2D eigenvalue weighted by molar-refractivity contribution is 7.92. The van der Waals surface area contributed by atoms with Crippen molar-refractivity contribution in [3.05, 3.63) is 117 Å². The van der Waals surface area contributed by atoms with Gasteiger partial charge in [0.15, 0.2) is 11.5 Å². The lowest BCUT2D eigenvalue weighted by Gasteiger charge is -2.17. The molecule has 1 aromatic heterocycles. The lowest BCUT2D eigenvalue weighted by Crippen LogP contribution is -2.33. The number of nitrogens with zero attached hydrogens (tertiary/aromatic N) is 3. The molecule has 5 aromatic rings. The summed E-state index contributed by atoms with van der Waals surface area (Å²) < 4.78 is 27.4. The number of benzene rings is 4. The minimum Gasteiger partial charge on any atom is -0.385 e. The molecule has 0 saturated carbocycles. The first-order valence-corrected chi connectivity index (χ1v) is 16.4. The number of carbonyl (C=O) groups is 1. The molecule has 13 heteroatoms.